The van der Waals surface area contributed by atoms with E-state index < -0.39 is 37.8 Å². The smallest absolute Gasteiger partial charge is 0.253 e. The first-order valence-electron chi connectivity index (χ1n) is 14.7. The summed E-state index contributed by atoms with van der Waals surface area (Å²) in [6.45, 7) is -10.5. The summed E-state index contributed by atoms with van der Waals surface area (Å²) in [7, 11) is 0. The standard InChI is InChI=1S/C26H29ClN4O3/c1-2-3-11-34-24-7-6-19(15-23(24)27)21-14-22(17-28-16-21)26(32)30-18-20-5-4-8-29-25(20)31-9-12-33-13-10-31/h4-8,14-17H,2-3,9-13,18H2,1H3,(H,30,32)/i9D2,10D2,12D2,13D2. The van der Waals surface area contributed by atoms with E-state index in [4.69, 9.17) is 27.3 Å². The van der Waals surface area contributed by atoms with Crippen LogP contribution in [0.4, 0.5) is 5.82 Å². The Morgan fingerprint density at radius 1 is 1.24 bits per heavy atom. The summed E-state index contributed by atoms with van der Waals surface area (Å²) in [6.07, 6.45) is 6.05. The van der Waals surface area contributed by atoms with Crippen LogP contribution in [0.2, 0.25) is 5.02 Å². The largest absolute Gasteiger partial charge is 0.492 e. The maximum atomic E-state index is 13.1. The van der Waals surface area contributed by atoms with Crippen molar-refractivity contribution in [2.45, 2.75) is 26.3 Å². The van der Waals surface area contributed by atoms with Crippen molar-refractivity contribution in [2.75, 3.05) is 37.6 Å². The Kier molecular flexibility index (Phi) is 5.45. The predicted octanol–water partition coefficient (Wildman–Crippen LogP) is 4.74. The molecule has 1 aromatic carbocycles. The molecule has 8 heteroatoms. The highest BCUT2D eigenvalue weighted by atomic mass is 35.5. The lowest BCUT2D eigenvalue weighted by Gasteiger charge is -2.29. The van der Waals surface area contributed by atoms with Gasteiger partial charge in [-0.05, 0) is 36.2 Å². The van der Waals surface area contributed by atoms with Gasteiger partial charge in [0.25, 0.3) is 5.91 Å². The number of amides is 1. The van der Waals surface area contributed by atoms with Gasteiger partial charge in [0.05, 0.1) is 41.3 Å². The number of halogens is 1. The molecule has 0 radical (unpaired) electrons. The molecule has 3 heterocycles. The number of nitrogens with one attached hydrogen (secondary N) is 1. The quantitative estimate of drug-likeness (QED) is 0.438. The van der Waals surface area contributed by atoms with E-state index in [9.17, 15) is 4.79 Å². The Labute approximate surface area is 216 Å². The van der Waals surface area contributed by atoms with Crippen LogP contribution in [-0.2, 0) is 11.3 Å². The monoisotopic (exact) mass is 488 g/mol. The zero-order valence-electron chi connectivity index (χ0n) is 26.5. The maximum Gasteiger partial charge on any atom is 0.253 e. The Hall–Kier alpha value is -3.16. The van der Waals surface area contributed by atoms with Gasteiger partial charge in [-0.2, -0.15) is 0 Å². The summed E-state index contributed by atoms with van der Waals surface area (Å²) in [5, 5.41) is 3.08. The van der Waals surface area contributed by atoms with E-state index in [-0.39, 0.29) is 22.6 Å². The molecule has 1 N–H and O–H groups in total. The molecule has 1 amide bonds. The van der Waals surface area contributed by atoms with Gasteiger partial charge in [0.1, 0.15) is 11.6 Å². The van der Waals surface area contributed by atoms with E-state index in [1.165, 1.54) is 24.5 Å². The van der Waals surface area contributed by atoms with E-state index in [2.05, 4.69) is 26.9 Å². The minimum absolute atomic E-state index is 0.113. The van der Waals surface area contributed by atoms with Gasteiger partial charge in [-0.3, -0.25) is 9.78 Å². The average molecular weight is 489 g/mol. The molecule has 0 spiro atoms. The van der Waals surface area contributed by atoms with Crippen LogP contribution in [0, 0.1) is 0 Å². The number of ether oxygens (including phenoxy) is 2. The number of pyridine rings is 2. The number of hydrogen-bond donors (Lipinski definition) is 1. The van der Waals surface area contributed by atoms with Gasteiger partial charge < -0.3 is 19.7 Å². The summed E-state index contributed by atoms with van der Waals surface area (Å²) < 4.78 is 75.3. The molecular weight excluding hydrogens is 452 g/mol. The number of nitrogens with zero attached hydrogens (tertiary/aromatic N) is 3. The molecule has 0 saturated carbocycles. The zero-order valence-corrected chi connectivity index (χ0v) is 19.2. The fourth-order valence-electron chi connectivity index (χ4n) is 3.19. The Morgan fingerprint density at radius 3 is 2.88 bits per heavy atom. The first-order valence-corrected chi connectivity index (χ1v) is 11.1. The van der Waals surface area contributed by atoms with E-state index in [0.29, 0.717) is 28.5 Å². The van der Waals surface area contributed by atoms with Crippen molar-refractivity contribution in [2.24, 2.45) is 0 Å². The highest BCUT2D eigenvalue weighted by Crippen LogP contribution is 2.30. The van der Waals surface area contributed by atoms with Crippen LogP contribution in [0.5, 0.6) is 5.75 Å². The van der Waals surface area contributed by atoms with E-state index >= 15 is 0 Å². The first kappa shape index (κ1) is 15.7. The van der Waals surface area contributed by atoms with Crippen molar-refractivity contribution >= 4 is 23.3 Å². The number of anilines is 1. The highest BCUT2D eigenvalue weighted by molar-refractivity contribution is 6.32. The second-order valence-electron chi connectivity index (χ2n) is 7.34. The van der Waals surface area contributed by atoms with Crippen LogP contribution in [0.1, 0.15) is 46.7 Å². The number of aromatic nitrogens is 2. The van der Waals surface area contributed by atoms with Gasteiger partial charge in [-0.25, -0.2) is 4.98 Å². The number of carbonyl (C=O) groups excluding carboxylic acids is 1. The second-order valence-corrected chi connectivity index (χ2v) is 7.75. The van der Waals surface area contributed by atoms with Crippen LogP contribution in [0.25, 0.3) is 11.1 Å². The lowest BCUT2D eigenvalue weighted by molar-refractivity contribution is 0.0950. The summed E-state index contributed by atoms with van der Waals surface area (Å²) in [5.74, 6) is -0.395. The number of hydrogen-bond acceptors (Lipinski definition) is 6. The molecule has 0 aliphatic carbocycles. The molecule has 34 heavy (non-hydrogen) atoms. The lowest BCUT2D eigenvalue weighted by Crippen LogP contribution is -2.37. The molecule has 1 aliphatic heterocycles. The fraction of sp³-hybridized carbons (Fsp3) is 0.346. The van der Waals surface area contributed by atoms with Crippen molar-refractivity contribution in [3.63, 3.8) is 0 Å². The number of rotatable bonds is 9. The summed E-state index contributed by atoms with van der Waals surface area (Å²) in [5.41, 5.74) is 1.63. The predicted molar refractivity (Wildman–Crippen MR) is 134 cm³/mol. The van der Waals surface area contributed by atoms with Crippen LogP contribution >= 0.6 is 11.6 Å². The number of morpholine rings is 1. The van der Waals surface area contributed by atoms with Crippen LogP contribution in [0.3, 0.4) is 0 Å². The third-order valence-electron chi connectivity index (χ3n) is 4.96. The Bertz CT molecular complexity index is 1430. The number of benzene rings is 1. The molecule has 1 fully saturated rings. The van der Waals surface area contributed by atoms with Gasteiger partial charge in [-0.15, -0.1) is 0 Å². The van der Waals surface area contributed by atoms with E-state index in [1.807, 2.05) is 0 Å². The number of carbonyl (C=O) groups is 1. The van der Waals surface area contributed by atoms with E-state index in [0.717, 1.165) is 12.8 Å². The molecule has 0 atom stereocenters. The minimum atomic E-state index is -3.24. The van der Waals surface area contributed by atoms with Crippen molar-refractivity contribution < 1.29 is 25.2 Å². The molecule has 0 unspecified atom stereocenters. The van der Waals surface area contributed by atoms with Gasteiger partial charge in [0, 0.05) is 49.3 Å². The van der Waals surface area contributed by atoms with Gasteiger partial charge in [0.15, 0.2) is 0 Å². The van der Waals surface area contributed by atoms with Crippen LogP contribution < -0.4 is 15.0 Å². The minimum Gasteiger partial charge on any atom is -0.492 e. The molecule has 1 saturated heterocycles. The Morgan fingerprint density at radius 2 is 2.09 bits per heavy atom. The van der Waals surface area contributed by atoms with Crippen molar-refractivity contribution in [1.82, 2.24) is 15.3 Å². The van der Waals surface area contributed by atoms with Gasteiger partial charge >= 0.3 is 0 Å². The van der Waals surface area contributed by atoms with Gasteiger partial charge in [0.2, 0.25) is 0 Å². The normalized spacial score (nSPS) is 22.9. The molecular formula is C26H29ClN4O3. The first-order chi connectivity index (χ1) is 19.6. The second kappa shape index (κ2) is 11.8. The third kappa shape index (κ3) is 6.04. The zero-order chi connectivity index (χ0) is 30.9. The average Bonchev–Trinajstić information content (AvgIpc) is 2.92. The molecule has 2 aromatic heterocycles. The van der Waals surface area contributed by atoms with Crippen LogP contribution in [-0.4, -0.2) is 48.6 Å². The SMILES string of the molecule is [2H]C1([2H])OC([2H])([2H])C([2H])([2H])N(c2ncccc2CNC(=O)c2cncc(-c3ccc(OCCCC)c(Cl)c3)c2)C1([2H])[2H]. The van der Waals surface area contributed by atoms with Gasteiger partial charge in [-0.1, -0.05) is 37.1 Å². The molecule has 4 rings (SSSR count). The maximum absolute atomic E-state index is 13.1. The highest BCUT2D eigenvalue weighted by Gasteiger charge is 2.17. The van der Waals surface area contributed by atoms with Crippen molar-refractivity contribution in [3.8, 4) is 16.9 Å². The summed E-state index contributed by atoms with van der Waals surface area (Å²) in [4.78, 5) is 21.6. The molecule has 1 aliphatic rings. The molecule has 7 nitrogen and oxygen atoms in total. The van der Waals surface area contributed by atoms with Crippen LogP contribution in [0.15, 0.2) is 55.0 Å². The topological polar surface area (TPSA) is 76.6 Å². The summed E-state index contributed by atoms with van der Waals surface area (Å²) >= 11 is 6.39. The fourth-order valence-corrected chi connectivity index (χ4v) is 3.42. The molecule has 0 bridgehead atoms. The van der Waals surface area contributed by atoms with Crippen molar-refractivity contribution in [3.05, 3.63) is 71.1 Å². The number of unbranched alkanes of at least 4 members (excludes halogenated alkanes) is 1. The Balaban J connectivity index is 1.56. The molecule has 3 aromatic rings. The lowest BCUT2D eigenvalue weighted by atomic mass is 10.1. The third-order valence-corrected chi connectivity index (χ3v) is 5.25. The summed E-state index contributed by atoms with van der Waals surface area (Å²) in [6, 6.07) is 9.79. The molecule has 178 valence electrons. The van der Waals surface area contributed by atoms with Crippen molar-refractivity contribution in [1.29, 1.82) is 0 Å². The van der Waals surface area contributed by atoms with E-state index in [1.54, 1.807) is 30.5 Å².